The van der Waals surface area contributed by atoms with Gasteiger partial charge in [0.1, 0.15) is 0 Å². The van der Waals surface area contributed by atoms with Gasteiger partial charge in [-0.1, -0.05) is 37.3 Å². The maximum absolute atomic E-state index is 11.6. The van der Waals surface area contributed by atoms with Crippen LogP contribution in [0.4, 0.5) is 5.69 Å². The summed E-state index contributed by atoms with van der Waals surface area (Å²) in [5.74, 6) is 0.400. The monoisotopic (exact) mass is 256 g/mol. The van der Waals surface area contributed by atoms with Crippen molar-refractivity contribution in [2.45, 2.75) is 19.4 Å². The number of benzene rings is 1. The summed E-state index contributed by atoms with van der Waals surface area (Å²) < 4.78 is 0. The van der Waals surface area contributed by atoms with Gasteiger partial charge in [0, 0.05) is 5.56 Å². The third-order valence-corrected chi connectivity index (χ3v) is 2.73. The van der Waals surface area contributed by atoms with Gasteiger partial charge in [0.25, 0.3) is 0 Å². The Balaban J connectivity index is 2.09. The van der Waals surface area contributed by atoms with Crippen LogP contribution >= 0.6 is 0 Å². The summed E-state index contributed by atoms with van der Waals surface area (Å²) in [6.07, 6.45) is 3.75. The van der Waals surface area contributed by atoms with Gasteiger partial charge in [-0.25, -0.2) is 9.97 Å². The summed E-state index contributed by atoms with van der Waals surface area (Å²) in [5.41, 5.74) is 7.12. The maximum atomic E-state index is 11.6. The number of amides is 1. The molecule has 1 amide bonds. The molecule has 0 fully saturated rings. The molecule has 0 unspecified atom stereocenters. The molecule has 0 saturated carbocycles. The zero-order chi connectivity index (χ0) is 13.7. The number of anilines is 1. The summed E-state index contributed by atoms with van der Waals surface area (Å²) >= 11 is 0. The van der Waals surface area contributed by atoms with E-state index in [-0.39, 0.29) is 5.91 Å². The van der Waals surface area contributed by atoms with Crippen molar-refractivity contribution in [1.29, 1.82) is 0 Å². The van der Waals surface area contributed by atoms with Crippen LogP contribution in [0.5, 0.6) is 0 Å². The fourth-order valence-electron chi connectivity index (χ4n) is 1.55. The molecule has 0 aliphatic rings. The number of carbonyl (C=O) groups excluding carboxylic acids is 1. The van der Waals surface area contributed by atoms with Crippen molar-refractivity contribution in [3.8, 4) is 11.4 Å². The summed E-state index contributed by atoms with van der Waals surface area (Å²) in [7, 11) is 0. The molecule has 0 aliphatic heterocycles. The van der Waals surface area contributed by atoms with Crippen molar-refractivity contribution in [3.05, 3.63) is 42.7 Å². The van der Waals surface area contributed by atoms with Gasteiger partial charge in [0.2, 0.25) is 5.91 Å². The van der Waals surface area contributed by atoms with E-state index in [1.165, 1.54) is 0 Å². The van der Waals surface area contributed by atoms with Gasteiger partial charge in [-0.2, -0.15) is 0 Å². The Morgan fingerprint density at radius 3 is 2.47 bits per heavy atom. The van der Waals surface area contributed by atoms with Crippen molar-refractivity contribution in [1.82, 2.24) is 9.97 Å². The highest BCUT2D eigenvalue weighted by molar-refractivity contribution is 5.94. The summed E-state index contributed by atoms with van der Waals surface area (Å²) in [5, 5.41) is 2.68. The molecular weight excluding hydrogens is 240 g/mol. The SMILES string of the molecule is CC[C@H](N)C(=O)Nc1cnc(-c2ccccc2)nc1. The number of carbonyl (C=O) groups is 1. The average molecular weight is 256 g/mol. The van der Waals surface area contributed by atoms with E-state index in [1.807, 2.05) is 37.3 Å². The van der Waals surface area contributed by atoms with Crippen molar-refractivity contribution >= 4 is 11.6 Å². The molecule has 1 heterocycles. The normalized spacial score (nSPS) is 11.9. The molecule has 5 nitrogen and oxygen atoms in total. The minimum absolute atomic E-state index is 0.224. The Labute approximate surface area is 111 Å². The van der Waals surface area contributed by atoms with Crippen LogP contribution in [0.25, 0.3) is 11.4 Å². The lowest BCUT2D eigenvalue weighted by Gasteiger charge is -2.09. The second-order valence-electron chi connectivity index (χ2n) is 4.17. The molecule has 0 radical (unpaired) electrons. The smallest absolute Gasteiger partial charge is 0.241 e. The zero-order valence-electron chi connectivity index (χ0n) is 10.7. The maximum Gasteiger partial charge on any atom is 0.241 e. The van der Waals surface area contributed by atoms with Crippen molar-refractivity contribution < 1.29 is 4.79 Å². The van der Waals surface area contributed by atoms with E-state index in [0.717, 1.165) is 5.56 Å². The topological polar surface area (TPSA) is 80.9 Å². The highest BCUT2D eigenvalue weighted by atomic mass is 16.2. The number of aromatic nitrogens is 2. The van der Waals surface area contributed by atoms with Crippen LogP contribution in [-0.2, 0) is 4.79 Å². The number of hydrogen-bond acceptors (Lipinski definition) is 4. The lowest BCUT2D eigenvalue weighted by Crippen LogP contribution is -2.34. The molecular formula is C14H16N4O. The molecule has 1 atom stereocenters. The van der Waals surface area contributed by atoms with Gasteiger partial charge in [0.05, 0.1) is 24.1 Å². The fraction of sp³-hybridized carbons (Fsp3) is 0.214. The van der Waals surface area contributed by atoms with Crippen LogP contribution in [0, 0.1) is 0 Å². The van der Waals surface area contributed by atoms with Crippen molar-refractivity contribution in [3.63, 3.8) is 0 Å². The number of nitrogens with one attached hydrogen (secondary N) is 1. The first-order valence-corrected chi connectivity index (χ1v) is 6.14. The molecule has 1 aromatic heterocycles. The molecule has 0 saturated heterocycles. The molecule has 5 heteroatoms. The lowest BCUT2D eigenvalue weighted by molar-refractivity contribution is -0.117. The molecule has 98 valence electrons. The van der Waals surface area contributed by atoms with E-state index in [2.05, 4.69) is 15.3 Å². The first-order chi connectivity index (χ1) is 9.20. The Hall–Kier alpha value is -2.27. The Bertz CT molecular complexity index is 539. The van der Waals surface area contributed by atoms with E-state index in [1.54, 1.807) is 12.4 Å². The largest absolute Gasteiger partial charge is 0.322 e. The third kappa shape index (κ3) is 3.35. The van der Waals surface area contributed by atoms with Crippen LogP contribution in [0.2, 0.25) is 0 Å². The number of nitrogens with zero attached hydrogens (tertiary/aromatic N) is 2. The van der Waals surface area contributed by atoms with Crippen LogP contribution in [0.1, 0.15) is 13.3 Å². The first-order valence-electron chi connectivity index (χ1n) is 6.14. The highest BCUT2D eigenvalue weighted by Crippen LogP contribution is 2.14. The van der Waals surface area contributed by atoms with Crippen LogP contribution in [0.3, 0.4) is 0 Å². The third-order valence-electron chi connectivity index (χ3n) is 2.73. The zero-order valence-corrected chi connectivity index (χ0v) is 10.7. The first kappa shape index (κ1) is 13.2. The molecule has 2 rings (SSSR count). The van der Waals surface area contributed by atoms with Gasteiger partial charge >= 0.3 is 0 Å². The van der Waals surface area contributed by atoms with Crippen LogP contribution in [0.15, 0.2) is 42.7 Å². The van der Waals surface area contributed by atoms with Gasteiger partial charge in [0.15, 0.2) is 5.82 Å². The molecule has 2 aromatic rings. The second-order valence-corrected chi connectivity index (χ2v) is 4.17. The Morgan fingerprint density at radius 1 is 1.26 bits per heavy atom. The van der Waals surface area contributed by atoms with Crippen LogP contribution in [-0.4, -0.2) is 21.9 Å². The van der Waals surface area contributed by atoms with Crippen LogP contribution < -0.4 is 11.1 Å². The predicted molar refractivity (Wildman–Crippen MR) is 74.4 cm³/mol. The standard InChI is InChI=1S/C14H16N4O/c1-2-12(15)14(19)18-11-8-16-13(17-9-11)10-6-4-3-5-7-10/h3-9,12H,2,15H2,1H3,(H,18,19)/t12-/m0/s1. The quantitative estimate of drug-likeness (QED) is 0.874. The molecule has 19 heavy (non-hydrogen) atoms. The van der Waals surface area contributed by atoms with E-state index in [4.69, 9.17) is 5.73 Å². The van der Waals surface area contributed by atoms with Crippen molar-refractivity contribution in [2.75, 3.05) is 5.32 Å². The minimum Gasteiger partial charge on any atom is -0.322 e. The molecule has 0 aliphatic carbocycles. The van der Waals surface area contributed by atoms with E-state index >= 15 is 0 Å². The summed E-state index contributed by atoms with van der Waals surface area (Å²) in [4.78, 5) is 20.0. The fourth-order valence-corrected chi connectivity index (χ4v) is 1.55. The minimum atomic E-state index is -0.506. The van der Waals surface area contributed by atoms with E-state index in [9.17, 15) is 4.79 Å². The van der Waals surface area contributed by atoms with Gasteiger partial charge in [-0.05, 0) is 6.42 Å². The number of rotatable bonds is 4. The van der Waals surface area contributed by atoms with Gasteiger partial charge in [-0.15, -0.1) is 0 Å². The molecule has 1 aromatic carbocycles. The average Bonchev–Trinajstić information content (AvgIpc) is 2.48. The Kier molecular flexibility index (Phi) is 4.20. The van der Waals surface area contributed by atoms with E-state index < -0.39 is 6.04 Å². The molecule has 3 N–H and O–H groups in total. The predicted octanol–water partition coefficient (Wildman–Crippen LogP) is 1.82. The van der Waals surface area contributed by atoms with Gasteiger partial charge in [-0.3, -0.25) is 4.79 Å². The van der Waals surface area contributed by atoms with Crippen molar-refractivity contribution in [2.24, 2.45) is 5.73 Å². The Morgan fingerprint density at radius 2 is 1.89 bits per heavy atom. The molecule has 0 spiro atoms. The summed E-state index contributed by atoms with van der Waals surface area (Å²) in [6, 6.07) is 9.14. The molecule has 0 bridgehead atoms. The second kappa shape index (κ2) is 6.06. The number of hydrogen-bond donors (Lipinski definition) is 2. The van der Waals surface area contributed by atoms with Gasteiger partial charge < -0.3 is 11.1 Å². The van der Waals surface area contributed by atoms with E-state index in [0.29, 0.717) is 17.9 Å². The highest BCUT2D eigenvalue weighted by Gasteiger charge is 2.11. The number of nitrogens with two attached hydrogens (primary N) is 1. The lowest BCUT2D eigenvalue weighted by atomic mass is 10.2. The summed E-state index contributed by atoms with van der Waals surface area (Å²) in [6.45, 7) is 1.86.